The predicted molar refractivity (Wildman–Crippen MR) is 77.4 cm³/mol. The molecule has 1 aromatic rings. The van der Waals surface area contributed by atoms with Crippen LogP contribution in [0.25, 0.3) is 0 Å². The van der Waals surface area contributed by atoms with Crippen molar-refractivity contribution in [2.24, 2.45) is 0 Å². The molecule has 1 aliphatic carbocycles. The van der Waals surface area contributed by atoms with Crippen LogP contribution in [0.4, 0.5) is 0 Å². The van der Waals surface area contributed by atoms with Gasteiger partial charge in [-0.25, -0.2) is 4.68 Å². The number of aromatic nitrogens is 2. The summed E-state index contributed by atoms with van der Waals surface area (Å²) in [4.78, 5) is 12.2. The summed E-state index contributed by atoms with van der Waals surface area (Å²) < 4.78 is 1.58. The summed E-state index contributed by atoms with van der Waals surface area (Å²) >= 11 is 0. The molecule has 1 heterocycles. The molecule has 0 aromatic carbocycles. The van der Waals surface area contributed by atoms with E-state index in [1.807, 2.05) is 13.0 Å². The van der Waals surface area contributed by atoms with E-state index in [4.69, 9.17) is 0 Å². The van der Waals surface area contributed by atoms with Crippen molar-refractivity contribution in [1.82, 2.24) is 15.1 Å². The third kappa shape index (κ3) is 3.44. The van der Waals surface area contributed by atoms with Gasteiger partial charge >= 0.3 is 0 Å². The van der Waals surface area contributed by atoms with Crippen molar-refractivity contribution in [3.8, 4) is 0 Å². The SMILES string of the molecule is CCn1nc(C(C)C)cc(CNC2CCCC2)c1=O. The second-order valence-electron chi connectivity index (χ2n) is 5.73. The first-order valence-corrected chi connectivity index (χ1v) is 7.46. The lowest BCUT2D eigenvalue weighted by atomic mass is 10.1. The van der Waals surface area contributed by atoms with Crippen LogP contribution in [0, 0.1) is 0 Å². The van der Waals surface area contributed by atoms with Crippen LogP contribution in [0.5, 0.6) is 0 Å². The lowest BCUT2D eigenvalue weighted by Gasteiger charge is -2.14. The molecule has 0 unspecified atom stereocenters. The van der Waals surface area contributed by atoms with Crippen molar-refractivity contribution >= 4 is 0 Å². The topological polar surface area (TPSA) is 46.9 Å². The minimum Gasteiger partial charge on any atom is -0.310 e. The van der Waals surface area contributed by atoms with E-state index in [9.17, 15) is 4.79 Å². The third-order valence-electron chi connectivity index (χ3n) is 3.89. The maximum absolute atomic E-state index is 12.2. The molecule has 1 N–H and O–H groups in total. The quantitative estimate of drug-likeness (QED) is 0.887. The molecule has 0 spiro atoms. The fourth-order valence-electron chi connectivity index (χ4n) is 2.63. The molecule has 0 atom stereocenters. The Balaban J connectivity index is 2.17. The minimum atomic E-state index is 0.0531. The van der Waals surface area contributed by atoms with Gasteiger partial charge in [-0.2, -0.15) is 5.10 Å². The van der Waals surface area contributed by atoms with Crippen molar-refractivity contribution in [3.05, 3.63) is 27.7 Å². The molecule has 0 aliphatic heterocycles. The van der Waals surface area contributed by atoms with E-state index < -0.39 is 0 Å². The van der Waals surface area contributed by atoms with Crippen LogP contribution in [0.2, 0.25) is 0 Å². The van der Waals surface area contributed by atoms with Gasteiger partial charge in [0.1, 0.15) is 0 Å². The van der Waals surface area contributed by atoms with Crippen LogP contribution in [0.15, 0.2) is 10.9 Å². The van der Waals surface area contributed by atoms with Crippen LogP contribution < -0.4 is 10.9 Å². The zero-order valence-electron chi connectivity index (χ0n) is 12.3. The Morgan fingerprint density at radius 1 is 1.42 bits per heavy atom. The molecule has 2 rings (SSSR count). The summed E-state index contributed by atoms with van der Waals surface area (Å²) in [5.74, 6) is 0.351. The van der Waals surface area contributed by atoms with Crippen molar-refractivity contribution in [1.29, 1.82) is 0 Å². The molecular weight excluding hydrogens is 238 g/mol. The highest BCUT2D eigenvalue weighted by Crippen LogP contribution is 2.18. The lowest BCUT2D eigenvalue weighted by Crippen LogP contribution is -2.33. The average Bonchev–Trinajstić information content (AvgIpc) is 2.90. The normalized spacial score (nSPS) is 16.4. The number of nitrogens with zero attached hydrogens (tertiary/aromatic N) is 2. The van der Waals surface area contributed by atoms with Crippen LogP contribution >= 0.6 is 0 Å². The zero-order valence-corrected chi connectivity index (χ0v) is 12.3. The van der Waals surface area contributed by atoms with E-state index in [2.05, 4.69) is 24.3 Å². The molecule has 1 aliphatic rings. The molecule has 106 valence electrons. The Bertz CT molecular complexity index is 473. The first-order valence-electron chi connectivity index (χ1n) is 7.46. The summed E-state index contributed by atoms with van der Waals surface area (Å²) in [6, 6.07) is 2.56. The number of hydrogen-bond acceptors (Lipinski definition) is 3. The minimum absolute atomic E-state index is 0.0531. The van der Waals surface area contributed by atoms with E-state index in [0.717, 1.165) is 11.3 Å². The zero-order chi connectivity index (χ0) is 13.8. The predicted octanol–water partition coefficient (Wildman–Crippen LogP) is 2.42. The van der Waals surface area contributed by atoms with Gasteiger partial charge < -0.3 is 5.32 Å². The number of aryl methyl sites for hydroxylation is 1. The van der Waals surface area contributed by atoms with Gasteiger partial charge in [0.2, 0.25) is 0 Å². The van der Waals surface area contributed by atoms with Gasteiger partial charge in [-0.15, -0.1) is 0 Å². The highest BCUT2D eigenvalue weighted by Gasteiger charge is 2.16. The summed E-state index contributed by atoms with van der Waals surface area (Å²) in [5.41, 5.74) is 1.91. The first-order chi connectivity index (χ1) is 9.11. The van der Waals surface area contributed by atoms with Gasteiger partial charge in [-0.05, 0) is 31.7 Å². The van der Waals surface area contributed by atoms with Gasteiger partial charge in [-0.1, -0.05) is 26.7 Å². The molecule has 0 radical (unpaired) electrons. The van der Waals surface area contributed by atoms with Gasteiger partial charge in [-0.3, -0.25) is 4.79 Å². The van der Waals surface area contributed by atoms with Crippen molar-refractivity contribution in [2.75, 3.05) is 0 Å². The molecule has 0 amide bonds. The molecule has 0 saturated heterocycles. The second-order valence-corrected chi connectivity index (χ2v) is 5.73. The van der Waals surface area contributed by atoms with Crippen molar-refractivity contribution < 1.29 is 0 Å². The first kappa shape index (κ1) is 14.3. The molecule has 0 bridgehead atoms. The molecule has 1 saturated carbocycles. The Hall–Kier alpha value is -1.16. The summed E-state index contributed by atoms with van der Waals surface area (Å²) in [6.45, 7) is 7.50. The summed E-state index contributed by atoms with van der Waals surface area (Å²) in [6.07, 6.45) is 5.10. The van der Waals surface area contributed by atoms with Crippen LogP contribution in [-0.2, 0) is 13.1 Å². The number of nitrogens with one attached hydrogen (secondary N) is 1. The maximum Gasteiger partial charge on any atom is 0.271 e. The Morgan fingerprint density at radius 3 is 2.68 bits per heavy atom. The van der Waals surface area contributed by atoms with E-state index in [1.54, 1.807) is 4.68 Å². The van der Waals surface area contributed by atoms with E-state index >= 15 is 0 Å². The molecule has 4 nitrogen and oxygen atoms in total. The molecule has 1 aromatic heterocycles. The number of rotatable bonds is 5. The van der Waals surface area contributed by atoms with Gasteiger partial charge in [0.15, 0.2) is 0 Å². The number of hydrogen-bond donors (Lipinski definition) is 1. The molecule has 19 heavy (non-hydrogen) atoms. The van der Waals surface area contributed by atoms with Crippen LogP contribution in [0.3, 0.4) is 0 Å². The van der Waals surface area contributed by atoms with E-state index in [1.165, 1.54) is 25.7 Å². The summed E-state index contributed by atoms with van der Waals surface area (Å²) in [7, 11) is 0. The maximum atomic E-state index is 12.2. The van der Waals surface area contributed by atoms with Gasteiger partial charge in [0.05, 0.1) is 5.69 Å². The fourth-order valence-corrected chi connectivity index (χ4v) is 2.63. The molecular formula is C15H25N3O. The standard InChI is InChI=1S/C15H25N3O/c1-4-18-15(19)12(9-14(17-18)11(2)3)10-16-13-7-5-6-8-13/h9,11,13,16H,4-8,10H2,1-3H3. The average molecular weight is 263 g/mol. The third-order valence-corrected chi connectivity index (χ3v) is 3.89. The van der Waals surface area contributed by atoms with Crippen molar-refractivity contribution in [2.45, 2.75) is 71.5 Å². The highest BCUT2D eigenvalue weighted by atomic mass is 16.1. The Labute approximate surface area is 115 Å². The second kappa shape index (κ2) is 6.33. The van der Waals surface area contributed by atoms with Crippen molar-refractivity contribution in [3.63, 3.8) is 0 Å². The lowest BCUT2D eigenvalue weighted by molar-refractivity contribution is 0.511. The van der Waals surface area contributed by atoms with Gasteiger partial charge in [0.25, 0.3) is 5.56 Å². The smallest absolute Gasteiger partial charge is 0.271 e. The van der Waals surface area contributed by atoms with Gasteiger partial charge in [0, 0.05) is 24.7 Å². The van der Waals surface area contributed by atoms with E-state index in [0.29, 0.717) is 25.0 Å². The highest BCUT2D eigenvalue weighted by molar-refractivity contribution is 5.16. The van der Waals surface area contributed by atoms with E-state index in [-0.39, 0.29) is 5.56 Å². The van der Waals surface area contributed by atoms with Crippen LogP contribution in [-0.4, -0.2) is 15.8 Å². The Morgan fingerprint density at radius 2 is 2.11 bits per heavy atom. The van der Waals surface area contributed by atoms with Crippen LogP contribution in [0.1, 0.15) is 63.6 Å². The molecule has 4 heteroatoms. The fraction of sp³-hybridized carbons (Fsp3) is 0.733. The monoisotopic (exact) mass is 263 g/mol. The summed E-state index contributed by atoms with van der Waals surface area (Å²) in [5, 5.41) is 7.92. The Kier molecular flexibility index (Phi) is 4.75. The molecule has 1 fully saturated rings. The largest absolute Gasteiger partial charge is 0.310 e.